The van der Waals surface area contributed by atoms with Crippen molar-refractivity contribution in [1.29, 1.82) is 5.26 Å². The average Bonchev–Trinajstić information content (AvgIpc) is 2.80. The van der Waals surface area contributed by atoms with E-state index in [0.29, 0.717) is 10.8 Å². The summed E-state index contributed by atoms with van der Waals surface area (Å²) in [6.45, 7) is 0. The lowest BCUT2D eigenvalue weighted by Crippen LogP contribution is -1.92. The van der Waals surface area contributed by atoms with Gasteiger partial charge in [0, 0.05) is 5.69 Å². The number of aromatic carboxylic acids is 1. The van der Waals surface area contributed by atoms with E-state index in [9.17, 15) is 9.18 Å². The minimum absolute atomic E-state index is 0.0879. The van der Waals surface area contributed by atoms with Gasteiger partial charge in [-0.1, -0.05) is 11.3 Å². The molecular formula is C11H6FN3O2S. The highest BCUT2D eigenvalue weighted by Crippen LogP contribution is 2.23. The highest BCUT2D eigenvalue weighted by Gasteiger charge is 2.09. The predicted molar refractivity (Wildman–Crippen MR) is 63.5 cm³/mol. The molecule has 0 fully saturated rings. The fraction of sp³-hybridized carbons (Fsp3) is 0. The van der Waals surface area contributed by atoms with E-state index in [1.165, 1.54) is 18.3 Å². The average molecular weight is 263 g/mol. The molecule has 0 aliphatic carbocycles. The molecule has 0 unspecified atom stereocenters. The Hall–Kier alpha value is -2.46. The Morgan fingerprint density at radius 2 is 2.33 bits per heavy atom. The number of nitrogens with zero attached hydrogens (tertiary/aromatic N) is 2. The van der Waals surface area contributed by atoms with E-state index in [4.69, 9.17) is 10.4 Å². The molecule has 0 bridgehead atoms. The Bertz CT molecular complexity index is 648. The third-order valence-electron chi connectivity index (χ3n) is 2.05. The van der Waals surface area contributed by atoms with Gasteiger partial charge >= 0.3 is 5.97 Å². The van der Waals surface area contributed by atoms with E-state index in [-0.39, 0.29) is 10.4 Å². The number of aromatic nitrogens is 1. The van der Waals surface area contributed by atoms with Crippen LogP contribution < -0.4 is 5.32 Å². The van der Waals surface area contributed by atoms with Crippen LogP contribution in [0.1, 0.15) is 15.2 Å². The van der Waals surface area contributed by atoms with Crippen molar-refractivity contribution in [2.24, 2.45) is 0 Å². The second kappa shape index (κ2) is 4.81. The Labute approximate surface area is 105 Å². The fourth-order valence-corrected chi connectivity index (χ4v) is 1.92. The van der Waals surface area contributed by atoms with Gasteiger partial charge in [-0.15, -0.1) is 0 Å². The number of benzene rings is 1. The van der Waals surface area contributed by atoms with Crippen LogP contribution in [-0.4, -0.2) is 16.1 Å². The van der Waals surface area contributed by atoms with Gasteiger partial charge in [0.1, 0.15) is 16.8 Å². The molecule has 0 aliphatic rings. The van der Waals surface area contributed by atoms with Crippen molar-refractivity contribution in [2.45, 2.75) is 0 Å². The maximum absolute atomic E-state index is 13.1. The van der Waals surface area contributed by atoms with Crippen LogP contribution in [0.5, 0.6) is 0 Å². The van der Waals surface area contributed by atoms with Crippen LogP contribution in [0.2, 0.25) is 0 Å². The molecule has 1 aromatic heterocycles. The van der Waals surface area contributed by atoms with Gasteiger partial charge in [0.2, 0.25) is 0 Å². The molecule has 0 radical (unpaired) electrons. The van der Waals surface area contributed by atoms with Gasteiger partial charge in [-0.3, -0.25) is 0 Å². The zero-order valence-electron chi connectivity index (χ0n) is 8.85. The Kier molecular flexibility index (Phi) is 3.21. The van der Waals surface area contributed by atoms with Crippen molar-refractivity contribution < 1.29 is 14.3 Å². The summed E-state index contributed by atoms with van der Waals surface area (Å²) in [6, 6.07) is 5.65. The molecule has 0 amide bonds. The van der Waals surface area contributed by atoms with Crippen LogP contribution in [0.3, 0.4) is 0 Å². The van der Waals surface area contributed by atoms with Crippen molar-refractivity contribution in [3.8, 4) is 6.07 Å². The first kappa shape index (κ1) is 12.0. The first-order valence-corrected chi connectivity index (χ1v) is 5.57. The highest BCUT2D eigenvalue weighted by atomic mass is 32.1. The summed E-state index contributed by atoms with van der Waals surface area (Å²) in [4.78, 5) is 14.6. The lowest BCUT2D eigenvalue weighted by Gasteiger charge is -2.02. The molecule has 0 aliphatic heterocycles. The first-order valence-electron chi connectivity index (χ1n) is 4.76. The zero-order valence-corrected chi connectivity index (χ0v) is 9.66. The van der Waals surface area contributed by atoms with Crippen molar-refractivity contribution in [3.05, 3.63) is 40.7 Å². The maximum Gasteiger partial charge on any atom is 0.347 e. The van der Waals surface area contributed by atoms with Crippen molar-refractivity contribution in [2.75, 3.05) is 5.32 Å². The molecule has 1 heterocycles. The first-order chi connectivity index (χ1) is 8.60. The molecule has 90 valence electrons. The van der Waals surface area contributed by atoms with E-state index in [1.54, 1.807) is 6.07 Å². The topological polar surface area (TPSA) is 86.0 Å². The Balaban J connectivity index is 2.23. The monoisotopic (exact) mass is 263 g/mol. The van der Waals surface area contributed by atoms with Gasteiger partial charge in [-0.05, 0) is 18.2 Å². The van der Waals surface area contributed by atoms with E-state index < -0.39 is 11.8 Å². The van der Waals surface area contributed by atoms with Gasteiger partial charge in [0.15, 0.2) is 5.13 Å². The minimum Gasteiger partial charge on any atom is -0.477 e. The van der Waals surface area contributed by atoms with Gasteiger partial charge in [-0.25, -0.2) is 14.2 Å². The smallest absolute Gasteiger partial charge is 0.347 e. The SMILES string of the molecule is N#Cc1cc(Nc2ncc(C(=O)O)s2)ccc1F. The minimum atomic E-state index is -1.06. The quantitative estimate of drug-likeness (QED) is 0.888. The summed E-state index contributed by atoms with van der Waals surface area (Å²) < 4.78 is 13.1. The third kappa shape index (κ3) is 2.44. The lowest BCUT2D eigenvalue weighted by molar-refractivity contribution is 0.0702. The second-order valence-corrected chi connectivity index (χ2v) is 4.30. The number of carbonyl (C=O) groups is 1. The van der Waals surface area contributed by atoms with Gasteiger partial charge in [-0.2, -0.15) is 5.26 Å². The van der Waals surface area contributed by atoms with Gasteiger partial charge in [0.25, 0.3) is 0 Å². The summed E-state index contributed by atoms with van der Waals surface area (Å²) in [7, 11) is 0. The molecule has 0 saturated heterocycles. The van der Waals surface area contributed by atoms with Crippen LogP contribution in [-0.2, 0) is 0 Å². The standard InChI is InChI=1S/C11H6FN3O2S/c12-8-2-1-7(3-6(8)4-13)15-11-14-5-9(18-11)10(16)17/h1-3,5H,(H,14,15)(H,16,17). The summed E-state index contributed by atoms with van der Waals surface area (Å²) >= 11 is 0.955. The number of halogens is 1. The molecular weight excluding hydrogens is 257 g/mol. The van der Waals surface area contributed by atoms with E-state index in [0.717, 1.165) is 17.4 Å². The highest BCUT2D eigenvalue weighted by molar-refractivity contribution is 7.17. The summed E-state index contributed by atoms with van der Waals surface area (Å²) in [5.74, 6) is -1.66. The predicted octanol–water partition coefficient (Wildman–Crippen LogP) is 2.60. The molecule has 0 spiro atoms. The Morgan fingerprint density at radius 1 is 1.56 bits per heavy atom. The number of thiazole rings is 1. The molecule has 5 nitrogen and oxygen atoms in total. The zero-order chi connectivity index (χ0) is 13.1. The number of hydrogen-bond acceptors (Lipinski definition) is 5. The largest absolute Gasteiger partial charge is 0.477 e. The van der Waals surface area contributed by atoms with Crippen LogP contribution in [0.15, 0.2) is 24.4 Å². The van der Waals surface area contributed by atoms with Crippen molar-refractivity contribution in [1.82, 2.24) is 4.98 Å². The molecule has 2 rings (SSSR count). The van der Waals surface area contributed by atoms with Crippen molar-refractivity contribution >= 4 is 28.1 Å². The van der Waals surface area contributed by atoms with Gasteiger partial charge in [0.05, 0.1) is 11.8 Å². The van der Waals surface area contributed by atoms with E-state index in [2.05, 4.69) is 10.3 Å². The molecule has 18 heavy (non-hydrogen) atoms. The van der Waals surface area contributed by atoms with Gasteiger partial charge < -0.3 is 10.4 Å². The molecule has 1 aromatic carbocycles. The molecule has 0 atom stereocenters. The maximum atomic E-state index is 13.1. The number of hydrogen-bond donors (Lipinski definition) is 2. The number of rotatable bonds is 3. The number of carboxylic acid groups (broad SMARTS) is 1. The van der Waals surface area contributed by atoms with Crippen LogP contribution in [0.4, 0.5) is 15.2 Å². The van der Waals surface area contributed by atoms with E-state index in [1.807, 2.05) is 0 Å². The second-order valence-electron chi connectivity index (χ2n) is 3.27. The summed E-state index contributed by atoms with van der Waals surface area (Å²) in [5.41, 5.74) is 0.384. The van der Waals surface area contributed by atoms with Crippen LogP contribution >= 0.6 is 11.3 Å². The molecule has 0 saturated carbocycles. The molecule has 7 heteroatoms. The number of nitrogens with one attached hydrogen (secondary N) is 1. The normalized spacial score (nSPS) is 9.78. The van der Waals surface area contributed by atoms with Crippen molar-refractivity contribution in [3.63, 3.8) is 0 Å². The lowest BCUT2D eigenvalue weighted by atomic mass is 10.2. The number of carboxylic acids is 1. The van der Waals surface area contributed by atoms with E-state index >= 15 is 0 Å². The van der Waals surface area contributed by atoms with Crippen LogP contribution in [0, 0.1) is 17.1 Å². The molecule has 2 N–H and O–H groups in total. The van der Waals surface area contributed by atoms with Crippen LogP contribution in [0.25, 0.3) is 0 Å². The fourth-order valence-electron chi connectivity index (χ4n) is 1.24. The number of anilines is 2. The Morgan fingerprint density at radius 3 is 2.94 bits per heavy atom. The summed E-state index contributed by atoms with van der Waals surface area (Å²) in [6.07, 6.45) is 1.23. The number of nitriles is 1. The summed E-state index contributed by atoms with van der Waals surface area (Å²) in [5, 5.41) is 20.6. The molecule has 2 aromatic rings. The third-order valence-corrected chi connectivity index (χ3v) is 2.96.